The molecule has 0 saturated carbocycles. The predicted molar refractivity (Wildman–Crippen MR) is 57.8 cm³/mol. The van der Waals surface area contributed by atoms with Crippen molar-refractivity contribution in [2.24, 2.45) is 0 Å². The first kappa shape index (κ1) is 13.5. The van der Waals surface area contributed by atoms with Crippen molar-refractivity contribution in [3.05, 3.63) is 0 Å². The zero-order valence-corrected chi connectivity index (χ0v) is 9.14. The first-order valence-corrected chi connectivity index (χ1v) is 4.82. The van der Waals surface area contributed by atoms with E-state index in [1.54, 1.807) is 14.1 Å². The van der Waals surface area contributed by atoms with Gasteiger partial charge < -0.3 is 26.6 Å². The van der Waals surface area contributed by atoms with Crippen molar-refractivity contribution in [2.45, 2.75) is 0 Å². The minimum Gasteiger partial charge on any atom is -0.341 e. The molecule has 88 valence electrons. The van der Waals surface area contributed by atoms with Crippen LogP contribution < -0.4 is 26.6 Å². The summed E-state index contributed by atoms with van der Waals surface area (Å²) in [5.41, 5.74) is 0. The van der Waals surface area contributed by atoms with Gasteiger partial charge in [0.1, 0.15) is 0 Å². The average Bonchev–Trinajstić information content (AvgIpc) is 2.26. The Balaban J connectivity index is 3.11. The van der Waals surface area contributed by atoms with Gasteiger partial charge in [-0.1, -0.05) is 0 Å². The van der Waals surface area contributed by atoms with Crippen molar-refractivity contribution in [1.82, 2.24) is 26.6 Å². The minimum atomic E-state index is -0.194. The highest BCUT2D eigenvalue weighted by Gasteiger charge is 1.95. The highest BCUT2D eigenvalue weighted by atomic mass is 16.2. The largest absolute Gasteiger partial charge is 0.341 e. The third-order valence-corrected chi connectivity index (χ3v) is 1.63. The van der Waals surface area contributed by atoms with Gasteiger partial charge in [0.15, 0.2) is 0 Å². The Labute approximate surface area is 89.4 Å². The summed E-state index contributed by atoms with van der Waals surface area (Å²) in [4.78, 5) is 21.4. The molecular weight excluding hydrogens is 198 g/mol. The predicted octanol–water partition coefficient (Wildman–Crippen LogP) is -1.57. The molecule has 4 amide bonds. The van der Waals surface area contributed by atoms with E-state index in [-0.39, 0.29) is 12.1 Å². The third-order valence-electron chi connectivity index (χ3n) is 1.63. The third kappa shape index (κ3) is 8.82. The van der Waals surface area contributed by atoms with Gasteiger partial charge in [0.05, 0.1) is 0 Å². The van der Waals surface area contributed by atoms with Gasteiger partial charge in [-0.25, -0.2) is 9.59 Å². The molecule has 0 bridgehead atoms. The zero-order valence-electron chi connectivity index (χ0n) is 9.14. The molecule has 0 fully saturated rings. The molecule has 0 spiro atoms. The molecule has 0 aromatic carbocycles. The highest BCUT2D eigenvalue weighted by Crippen LogP contribution is 1.64. The Morgan fingerprint density at radius 3 is 1.53 bits per heavy atom. The van der Waals surface area contributed by atoms with E-state index >= 15 is 0 Å². The summed E-state index contributed by atoms with van der Waals surface area (Å²) in [6.45, 7) is 2.45. The SMILES string of the molecule is CNC(=O)NCCNCCNC(=O)NC. The van der Waals surface area contributed by atoms with E-state index in [1.807, 2.05) is 0 Å². The van der Waals surface area contributed by atoms with Crippen molar-refractivity contribution >= 4 is 12.1 Å². The first-order valence-electron chi connectivity index (χ1n) is 4.82. The van der Waals surface area contributed by atoms with Gasteiger partial charge in [-0.15, -0.1) is 0 Å². The van der Waals surface area contributed by atoms with Crippen LogP contribution in [0.2, 0.25) is 0 Å². The van der Waals surface area contributed by atoms with Gasteiger partial charge in [0.2, 0.25) is 0 Å². The number of carbonyl (C=O) groups excluding carboxylic acids is 2. The van der Waals surface area contributed by atoms with Crippen LogP contribution >= 0.6 is 0 Å². The van der Waals surface area contributed by atoms with Crippen LogP contribution in [0.25, 0.3) is 0 Å². The molecule has 5 N–H and O–H groups in total. The fourth-order valence-electron chi connectivity index (χ4n) is 0.831. The van der Waals surface area contributed by atoms with Gasteiger partial charge in [-0.05, 0) is 0 Å². The number of urea groups is 2. The highest BCUT2D eigenvalue weighted by molar-refractivity contribution is 5.73. The van der Waals surface area contributed by atoms with Crippen molar-refractivity contribution in [2.75, 3.05) is 40.3 Å². The number of hydrogen-bond donors (Lipinski definition) is 5. The Hall–Kier alpha value is -1.50. The van der Waals surface area contributed by atoms with Crippen LogP contribution in [0.5, 0.6) is 0 Å². The smallest absolute Gasteiger partial charge is 0.314 e. The molecule has 0 saturated heterocycles. The Morgan fingerprint density at radius 2 is 1.20 bits per heavy atom. The molecule has 0 aliphatic rings. The summed E-state index contributed by atoms with van der Waals surface area (Å²) >= 11 is 0. The average molecular weight is 217 g/mol. The lowest BCUT2D eigenvalue weighted by molar-refractivity contribution is 0.243. The number of carbonyl (C=O) groups is 2. The summed E-state index contributed by atoms with van der Waals surface area (Å²) < 4.78 is 0. The van der Waals surface area contributed by atoms with Crippen molar-refractivity contribution in [1.29, 1.82) is 0 Å². The lowest BCUT2D eigenvalue weighted by Gasteiger charge is -2.07. The molecule has 0 atom stereocenters. The summed E-state index contributed by atoms with van der Waals surface area (Å²) in [5.74, 6) is 0. The zero-order chi connectivity index (χ0) is 11.5. The first-order chi connectivity index (χ1) is 7.20. The molecule has 0 aliphatic heterocycles. The van der Waals surface area contributed by atoms with E-state index < -0.39 is 0 Å². The Morgan fingerprint density at radius 1 is 0.800 bits per heavy atom. The molecule has 0 aromatic rings. The molecule has 0 aromatic heterocycles. The maximum atomic E-state index is 10.7. The number of rotatable bonds is 6. The maximum absolute atomic E-state index is 10.7. The maximum Gasteiger partial charge on any atom is 0.314 e. The molecule has 0 aliphatic carbocycles. The quantitative estimate of drug-likeness (QED) is 0.348. The minimum absolute atomic E-state index is 0.194. The van der Waals surface area contributed by atoms with Crippen LogP contribution in [0, 0.1) is 0 Å². The molecule has 0 radical (unpaired) electrons. The van der Waals surface area contributed by atoms with Gasteiger partial charge in [0, 0.05) is 40.3 Å². The molecule has 0 heterocycles. The molecule has 7 heteroatoms. The van der Waals surface area contributed by atoms with E-state index in [4.69, 9.17) is 0 Å². The normalized spacial score (nSPS) is 9.20. The van der Waals surface area contributed by atoms with Gasteiger partial charge in [0.25, 0.3) is 0 Å². The van der Waals surface area contributed by atoms with Gasteiger partial charge in [-0.3, -0.25) is 0 Å². The van der Waals surface area contributed by atoms with Gasteiger partial charge >= 0.3 is 12.1 Å². The van der Waals surface area contributed by atoms with Crippen LogP contribution in [0.4, 0.5) is 9.59 Å². The second-order valence-electron chi connectivity index (χ2n) is 2.76. The van der Waals surface area contributed by atoms with E-state index in [0.717, 1.165) is 0 Å². The van der Waals surface area contributed by atoms with Crippen molar-refractivity contribution in [3.8, 4) is 0 Å². The summed E-state index contributed by atoms with van der Waals surface area (Å²) in [6.07, 6.45) is 0. The van der Waals surface area contributed by atoms with Crippen LogP contribution in [-0.4, -0.2) is 52.3 Å². The summed E-state index contributed by atoms with van der Waals surface area (Å²) in [7, 11) is 3.13. The van der Waals surface area contributed by atoms with Gasteiger partial charge in [-0.2, -0.15) is 0 Å². The fraction of sp³-hybridized carbons (Fsp3) is 0.750. The molecule has 7 nitrogen and oxygen atoms in total. The lowest BCUT2D eigenvalue weighted by Crippen LogP contribution is -2.40. The van der Waals surface area contributed by atoms with E-state index in [1.165, 1.54) is 0 Å². The lowest BCUT2D eigenvalue weighted by atomic mass is 10.5. The second kappa shape index (κ2) is 9.07. The van der Waals surface area contributed by atoms with Crippen LogP contribution in [0.15, 0.2) is 0 Å². The topological polar surface area (TPSA) is 94.3 Å². The van der Waals surface area contributed by atoms with Crippen molar-refractivity contribution < 1.29 is 9.59 Å². The number of nitrogens with one attached hydrogen (secondary N) is 5. The Bertz CT molecular complexity index is 177. The van der Waals surface area contributed by atoms with E-state index in [2.05, 4.69) is 26.6 Å². The van der Waals surface area contributed by atoms with Crippen LogP contribution in [-0.2, 0) is 0 Å². The molecule has 0 unspecified atom stereocenters. The molecular formula is C8H19N5O2. The van der Waals surface area contributed by atoms with E-state index in [9.17, 15) is 9.59 Å². The fourth-order valence-corrected chi connectivity index (χ4v) is 0.831. The standard InChI is InChI=1S/C8H19N5O2/c1-9-7(14)12-5-3-11-4-6-13-8(15)10-2/h11H,3-6H2,1-2H3,(H2,9,12,14)(H2,10,13,15). The Kier molecular flexibility index (Phi) is 8.16. The molecule has 15 heavy (non-hydrogen) atoms. The monoisotopic (exact) mass is 217 g/mol. The number of hydrogen-bond acceptors (Lipinski definition) is 3. The van der Waals surface area contributed by atoms with Crippen LogP contribution in [0.3, 0.4) is 0 Å². The second-order valence-corrected chi connectivity index (χ2v) is 2.76. The summed E-state index contributed by atoms with van der Waals surface area (Å²) in [5, 5.41) is 13.2. The summed E-state index contributed by atoms with van der Waals surface area (Å²) in [6, 6.07) is -0.388. The van der Waals surface area contributed by atoms with Crippen LogP contribution in [0.1, 0.15) is 0 Å². The van der Waals surface area contributed by atoms with E-state index in [0.29, 0.717) is 26.2 Å². The van der Waals surface area contributed by atoms with Crippen molar-refractivity contribution in [3.63, 3.8) is 0 Å². The number of amides is 4. The molecule has 0 rings (SSSR count).